The summed E-state index contributed by atoms with van der Waals surface area (Å²) >= 11 is 0. The Bertz CT molecular complexity index is 315. The maximum atomic E-state index is 12.3. The van der Waals surface area contributed by atoms with E-state index in [2.05, 4.69) is 11.9 Å². The number of hydrogen-bond donors (Lipinski definition) is 1. The first kappa shape index (κ1) is 13.7. The van der Waals surface area contributed by atoms with E-state index in [0.717, 1.165) is 12.8 Å². The van der Waals surface area contributed by atoms with Crippen LogP contribution in [-0.2, 0) is 9.59 Å². The topological polar surface area (TPSA) is 49.4 Å². The molecule has 2 amide bonds. The number of hydrogen-bond acceptors (Lipinski definition) is 2. The van der Waals surface area contributed by atoms with Crippen molar-refractivity contribution in [1.29, 1.82) is 0 Å². The molecule has 0 aliphatic carbocycles. The van der Waals surface area contributed by atoms with Crippen molar-refractivity contribution in [2.24, 2.45) is 5.92 Å². The van der Waals surface area contributed by atoms with Crippen molar-refractivity contribution in [2.45, 2.75) is 45.7 Å². The van der Waals surface area contributed by atoms with Crippen molar-refractivity contribution >= 4 is 11.8 Å². The molecule has 0 spiro atoms. The first-order valence-electron chi connectivity index (χ1n) is 6.24. The van der Waals surface area contributed by atoms with E-state index < -0.39 is 0 Å². The number of rotatable bonds is 5. The van der Waals surface area contributed by atoms with Crippen LogP contribution in [0.2, 0.25) is 0 Å². The van der Waals surface area contributed by atoms with Crippen molar-refractivity contribution in [3.63, 3.8) is 0 Å². The molecule has 0 saturated carbocycles. The van der Waals surface area contributed by atoms with E-state index in [0.29, 0.717) is 6.54 Å². The number of nitrogens with zero attached hydrogens (tertiary/aromatic N) is 1. The maximum absolute atomic E-state index is 12.3. The Kier molecular flexibility index (Phi) is 4.73. The summed E-state index contributed by atoms with van der Waals surface area (Å²) in [5.41, 5.74) is 0. The van der Waals surface area contributed by atoms with Crippen LogP contribution in [0.3, 0.4) is 0 Å². The quantitative estimate of drug-likeness (QED) is 0.734. The van der Waals surface area contributed by atoms with Crippen LogP contribution >= 0.6 is 0 Å². The van der Waals surface area contributed by atoms with Gasteiger partial charge in [-0.1, -0.05) is 26.3 Å². The summed E-state index contributed by atoms with van der Waals surface area (Å²) in [5.74, 6) is 0.150. The Morgan fingerprint density at radius 3 is 2.71 bits per heavy atom. The minimum atomic E-state index is -0.372. The Labute approximate surface area is 103 Å². The van der Waals surface area contributed by atoms with E-state index in [-0.39, 0.29) is 29.8 Å². The molecule has 3 unspecified atom stereocenters. The van der Waals surface area contributed by atoms with Gasteiger partial charge in [-0.3, -0.25) is 9.59 Å². The molecule has 1 N–H and O–H groups in total. The summed E-state index contributed by atoms with van der Waals surface area (Å²) in [7, 11) is 0. The second-order valence-corrected chi connectivity index (χ2v) is 4.66. The Hall–Kier alpha value is -1.32. The van der Waals surface area contributed by atoms with Crippen molar-refractivity contribution < 1.29 is 9.59 Å². The van der Waals surface area contributed by atoms with Gasteiger partial charge in [-0.2, -0.15) is 0 Å². The third kappa shape index (κ3) is 2.87. The summed E-state index contributed by atoms with van der Waals surface area (Å²) in [4.78, 5) is 25.7. The largest absolute Gasteiger partial charge is 0.342 e. The van der Waals surface area contributed by atoms with Crippen molar-refractivity contribution in [3.05, 3.63) is 12.7 Å². The maximum Gasteiger partial charge on any atom is 0.246 e. The first-order chi connectivity index (χ1) is 8.02. The van der Waals surface area contributed by atoms with Gasteiger partial charge in [0, 0.05) is 6.54 Å². The molecule has 0 radical (unpaired) electrons. The Morgan fingerprint density at radius 1 is 1.53 bits per heavy atom. The van der Waals surface area contributed by atoms with Crippen LogP contribution < -0.4 is 5.32 Å². The van der Waals surface area contributed by atoms with Crippen molar-refractivity contribution in [3.8, 4) is 0 Å². The number of carbonyl (C=O) groups excluding carboxylic acids is 2. The van der Waals surface area contributed by atoms with Crippen LogP contribution in [0.15, 0.2) is 12.7 Å². The predicted molar refractivity (Wildman–Crippen MR) is 67.4 cm³/mol. The zero-order chi connectivity index (χ0) is 13.0. The lowest BCUT2D eigenvalue weighted by Crippen LogP contribution is -2.64. The molecule has 1 saturated heterocycles. The fourth-order valence-corrected chi connectivity index (χ4v) is 2.00. The fourth-order valence-electron chi connectivity index (χ4n) is 2.00. The molecule has 1 rings (SSSR count). The molecule has 0 aromatic heterocycles. The minimum Gasteiger partial charge on any atom is -0.342 e. The van der Waals surface area contributed by atoms with Gasteiger partial charge in [0.25, 0.3) is 0 Å². The number of piperazine rings is 1. The van der Waals surface area contributed by atoms with Gasteiger partial charge in [-0.15, -0.1) is 6.58 Å². The molecule has 0 aromatic rings. The van der Waals surface area contributed by atoms with Crippen LogP contribution in [-0.4, -0.2) is 35.3 Å². The van der Waals surface area contributed by atoms with E-state index >= 15 is 0 Å². The third-order valence-electron chi connectivity index (χ3n) is 3.48. The third-order valence-corrected chi connectivity index (χ3v) is 3.48. The van der Waals surface area contributed by atoms with Crippen LogP contribution in [0.25, 0.3) is 0 Å². The van der Waals surface area contributed by atoms with Gasteiger partial charge in [-0.25, -0.2) is 0 Å². The first-order valence-corrected chi connectivity index (χ1v) is 6.24. The van der Waals surface area contributed by atoms with E-state index in [9.17, 15) is 9.59 Å². The average molecular weight is 238 g/mol. The lowest BCUT2D eigenvalue weighted by molar-refractivity contribution is -0.150. The second kappa shape index (κ2) is 5.84. The van der Waals surface area contributed by atoms with Crippen LogP contribution in [0, 0.1) is 5.92 Å². The number of nitrogens with one attached hydrogen (secondary N) is 1. The molecular weight excluding hydrogens is 216 g/mol. The molecule has 0 aromatic carbocycles. The molecule has 3 atom stereocenters. The smallest absolute Gasteiger partial charge is 0.246 e. The van der Waals surface area contributed by atoms with Gasteiger partial charge in [0.15, 0.2) is 0 Å². The van der Waals surface area contributed by atoms with Crippen LogP contribution in [0.1, 0.15) is 33.6 Å². The second-order valence-electron chi connectivity index (χ2n) is 4.66. The van der Waals surface area contributed by atoms with E-state index in [4.69, 9.17) is 0 Å². The highest BCUT2D eigenvalue weighted by Gasteiger charge is 2.39. The van der Waals surface area contributed by atoms with E-state index in [1.165, 1.54) is 0 Å². The van der Waals surface area contributed by atoms with Crippen LogP contribution in [0.4, 0.5) is 0 Å². The van der Waals surface area contributed by atoms with Crippen molar-refractivity contribution in [1.82, 2.24) is 10.2 Å². The molecule has 0 bridgehead atoms. The molecule has 1 heterocycles. The van der Waals surface area contributed by atoms with Gasteiger partial charge in [0.2, 0.25) is 11.8 Å². The van der Waals surface area contributed by atoms with Gasteiger partial charge < -0.3 is 10.2 Å². The summed E-state index contributed by atoms with van der Waals surface area (Å²) < 4.78 is 0. The molecule has 4 heteroatoms. The van der Waals surface area contributed by atoms with Gasteiger partial charge in [0.1, 0.15) is 12.1 Å². The fraction of sp³-hybridized carbons (Fsp3) is 0.692. The molecule has 1 aliphatic heterocycles. The summed E-state index contributed by atoms with van der Waals surface area (Å²) in [6.45, 7) is 10.0. The molecule has 1 aliphatic rings. The van der Waals surface area contributed by atoms with Gasteiger partial charge in [0.05, 0.1) is 0 Å². The highest BCUT2D eigenvalue weighted by Crippen LogP contribution is 2.17. The zero-order valence-electron chi connectivity index (χ0n) is 10.9. The monoisotopic (exact) mass is 238 g/mol. The van der Waals surface area contributed by atoms with Gasteiger partial charge >= 0.3 is 0 Å². The van der Waals surface area contributed by atoms with Crippen LogP contribution in [0.5, 0.6) is 0 Å². The number of carbonyl (C=O) groups is 2. The average Bonchev–Trinajstić information content (AvgIpc) is 2.33. The summed E-state index contributed by atoms with van der Waals surface area (Å²) in [5, 5.41) is 2.82. The summed E-state index contributed by atoms with van der Waals surface area (Å²) in [6, 6.07) is -0.740. The minimum absolute atomic E-state index is 0.0355. The Morgan fingerprint density at radius 2 is 2.18 bits per heavy atom. The Balaban J connectivity index is 2.82. The SMILES string of the molecule is C=CCCN1C(=O)C(C(C)CC)NC(=O)C1C. The zero-order valence-corrected chi connectivity index (χ0v) is 10.9. The van der Waals surface area contributed by atoms with E-state index in [1.54, 1.807) is 17.9 Å². The highest BCUT2D eigenvalue weighted by atomic mass is 16.2. The molecule has 1 fully saturated rings. The number of amides is 2. The standard InChI is InChI=1S/C13H22N2O2/c1-5-7-8-15-10(4)12(16)14-11(13(15)17)9(3)6-2/h5,9-11H,1,6-8H2,2-4H3,(H,14,16). The lowest BCUT2D eigenvalue weighted by atomic mass is 9.94. The van der Waals surface area contributed by atoms with Gasteiger partial charge in [-0.05, 0) is 19.3 Å². The molecule has 17 heavy (non-hydrogen) atoms. The molecule has 96 valence electrons. The normalized spacial score (nSPS) is 26.6. The molecule has 4 nitrogen and oxygen atoms in total. The summed E-state index contributed by atoms with van der Waals surface area (Å²) in [6.07, 6.45) is 3.36. The lowest BCUT2D eigenvalue weighted by Gasteiger charge is -2.39. The predicted octanol–water partition coefficient (Wildman–Crippen LogP) is 1.32. The molecular formula is C13H22N2O2. The van der Waals surface area contributed by atoms with Crippen molar-refractivity contribution in [2.75, 3.05) is 6.54 Å². The highest BCUT2D eigenvalue weighted by molar-refractivity contribution is 5.96. The van der Waals surface area contributed by atoms with E-state index in [1.807, 2.05) is 13.8 Å².